The Morgan fingerprint density at radius 1 is 1.16 bits per heavy atom. The van der Waals surface area contributed by atoms with Gasteiger partial charge >= 0.3 is 0 Å². The Labute approximate surface area is 179 Å². The summed E-state index contributed by atoms with van der Waals surface area (Å²) < 4.78 is 40.7. The number of furan rings is 2. The van der Waals surface area contributed by atoms with Gasteiger partial charge in [0.25, 0.3) is 5.91 Å². The molecule has 0 spiro atoms. The van der Waals surface area contributed by atoms with E-state index in [-0.39, 0.29) is 30.1 Å². The number of fused-ring (bicyclic) bond motifs is 2. The van der Waals surface area contributed by atoms with Crippen LogP contribution in [-0.2, 0) is 14.6 Å². The molecule has 3 heterocycles. The lowest BCUT2D eigenvalue weighted by atomic mass is 10.1. The van der Waals surface area contributed by atoms with Gasteiger partial charge in [0.2, 0.25) is 0 Å². The Hall–Kier alpha value is -3.26. The van der Waals surface area contributed by atoms with Gasteiger partial charge in [0, 0.05) is 23.9 Å². The molecular formula is C23H21NO6S. The number of para-hydroxylation sites is 1. The molecule has 1 saturated heterocycles. The van der Waals surface area contributed by atoms with Crippen molar-refractivity contribution < 1.29 is 26.8 Å². The highest BCUT2D eigenvalue weighted by Gasteiger charge is 2.32. The van der Waals surface area contributed by atoms with Gasteiger partial charge in [-0.1, -0.05) is 18.2 Å². The van der Waals surface area contributed by atoms with Gasteiger partial charge in [0.1, 0.15) is 28.9 Å². The summed E-state index contributed by atoms with van der Waals surface area (Å²) in [6.45, 7) is -0.170. The number of likely N-dealkylation sites (N-methyl/N-ethyl adjacent to an activating group) is 1. The van der Waals surface area contributed by atoms with Gasteiger partial charge in [-0.05, 0) is 36.8 Å². The lowest BCUT2D eigenvalue weighted by molar-refractivity contribution is -0.133. The zero-order valence-electron chi connectivity index (χ0n) is 16.9. The number of sulfone groups is 1. The highest BCUT2D eigenvalue weighted by molar-refractivity contribution is 7.91. The first kappa shape index (κ1) is 19.7. The second-order valence-corrected chi connectivity index (χ2v) is 10.0. The molecule has 4 aromatic rings. The van der Waals surface area contributed by atoms with Crippen LogP contribution in [0.4, 0.5) is 0 Å². The number of benzene rings is 2. The summed E-state index contributed by atoms with van der Waals surface area (Å²) in [4.78, 5) is 14.0. The van der Waals surface area contributed by atoms with Crippen LogP contribution in [0.2, 0.25) is 0 Å². The summed E-state index contributed by atoms with van der Waals surface area (Å²) >= 11 is 0. The van der Waals surface area contributed by atoms with Crippen LogP contribution >= 0.6 is 0 Å². The number of rotatable bonds is 5. The first-order valence-electron chi connectivity index (χ1n) is 9.99. The standard InChI is InChI=1S/C23H21NO6S/c1-24(16-8-9-31(26,27)14-16)23(25)13-28-17-6-7-21-18(11-17)19(12-29-21)22-10-15-4-2-3-5-20(15)30-22/h2-7,10-12,16H,8-9,13-14H2,1H3/t16-/m1/s1. The second-order valence-electron chi connectivity index (χ2n) is 7.81. The number of ether oxygens (including phenoxy) is 1. The number of carbonyl (C=O) groups is 1. The predicted octanol–water partition coefficient (Wildman–Crippen LogP) is 3.87. The Morgan fingerprint density at radius 2 is 2.00 bits per heavy atom. The molecule has 5 rings (SSSR count). The molecule has 8 heteroatoms. The van der Waals surface area contributed by atoms with Crippen molar-refractivity contribution in [3.8, 4) is 17.1 Å². The zero-order chi connectivity index (χ0) is 21.6. The lowest BCUT2D eigenvalue weighted by Crippen LogP contribution is -2.40. The molecule has 1 aliphatic rings. The Balaban J connectivity index is 1.34. The van der Waals surface area contributed by atoms with Crippen molar-refractivity contribution in [3.05, 3.63) is 54.8 Å². The van der Waals surface area contributed by atoms with Crippen LogP contribution in [0.15, 0.2) is 63.6 Å². The summed E-state index contributed by atoms with van der Waals surface area (Å²) in [5.41, 5.74) is 2.28. The van der Waals surface area contributed by atoms with Crippen LogP contribution in [0.25, 0.3) is 33.3 Å². The number of carbonyl (C=O) groups excluding carboxylic acids is 1. The minimum absolute atomic E-state index is 0.0110. The maximum atomic E-state index is 12.5. The maximum Gasteiger partial charge on any atom is 0.260 e. The Morgan fingerprint density at radius 3 is 2.77 bits per heavy atom. The highest BCUT2D eigenvalue weighted by atomic mass is 32.2. The number of hydrogen-bond acceptors (Lipinski definition) is 6. The molecule has 7 nitrogen and oxygen atoms in total. The fourth-order valence-electron chi connectivity index (χ4n) is 3.93. The van der Waals surface area contributed by atoms with E-state index in [0.29, 0.717) is 23.5 Å². The van der Waals surface area contributed by atoms with Crippen molar-refractivity contribution in [2.24, 2.45) is 0 Å². The monoisotopic (exact) mass is 439 g/mol. The summed E-state index contributed by atoms with van der Waals surface area (Å²) in [6.07, 6.45) is 2.11. The van der Waals surface area contributed by atoms with Crippen LogP contribution in [-0.4, -0.2) is 50.4 Å². The Kier molecular flexibility index (Phi) is 4.74. The van der Waals surface area contributed by atoms with Crippen molar-refractivity contribution in [2.45, 2.75) is 12.5 Å². The van der Waals surface area contributed by atoms with Gasteiger partial charge < -0.3 is 18.5 Å². The van der Waals surface area contributed by atoms with E-state index < -0.39 is 9.84 Å². The van der Waals surface area contributed by atoms with Crippen LogP contribution in [0, 0.1) is 0 Å². The van der Waals surface area contributed by atoms with Gasteiger partial charge in [0.15, 0.2) is 16.4 Å². The molecule has 0 bridgehead atoms. The van der Waals surface area contributed by atoms with Crippen LogP contribution in [0.3, 0.4) is 0 Å². The minimum Gasteiger partial charge on any atom is -0.484 e. The van der Waals surface area contributed by atoms with E-state index in [0.717, 1.165) is 21.9 Å². The van der Waals surface area contributed by atoms with Crippen LogP contribution in [0.1, 0.15) is 6.42 Å². The third-order valence-corrected chi connectivity index (χ3v) is 7.50. The summed E-state index contributed by atoms with van der Waals surface area (Å²) in [7, 11) is -1.43. The molecule has 1 aliphatic heterocycles. The van der Waals surface area contributed by atoms with Crippen molar-refractivity contribution in [3.63, 3.8) is 0 Å². The van der Waals surface area contributed by atoms with Crippen LogP contribution < -0.4 is 4.74 Å². The van der Waals surface area contributed by atoms with E-state index in [4.69, 9.17) is 13.6 Å². The predicted molar refractivity (Wildman–Crippen MR) is 117 cm³/mol. The first-order chi connectivity index (χ1) is 14.9. The van der Waals surface area contributed by atoms with E-state index in [1.165, 1.54) is 4.90 Å². The number of nitrogens with zero attached hydrogens (tertiary/aromatic N) is 1. The SMILES string of the molecule is CN(C(=O)COc1ccc2occ(-c3cc4ccccc4o3)c2c1)[C@@H]1CCS(=O)(=O)C1. The molecule has 0 saturated carbocycles. The van der Waals surface area contributed by atoms with E-state index in [9.17, 15) is 13.2 Å². The molecule has 0 aliphatic carbocycles. The maximum absolute atomic E-state index is 12.5. The lowest BCUT2D eigenvalue weighted by Gasteiger charge is -2.23. The van der Waals surface area contributed by atoms with E-state index in [2.05, 4.69) is 0 Å². The summed E-state index contributed by atoms with van der Waals surface area (Å²) in [5, 5.41) is 1.82. The van der Waals surface area contributed by atoms with Gasteiger partial charge in [0.05, 0.1) is 17.1 Å². The quantitative estimate of drug-likeness (QED) is 0.469. The molecule has 1 amide bonds. The van der Waals surface area contributed by atoms with Crippen molar-refractivity contribution in [1.82, 2.24) is 4.90 Å². The molecule has 0 unspecified atom stereocenters. The fraction of sp³-hybridized carbons (Fsp3) is 0.261. The second kappa shape index (κ2) is 7.46. The average Bonchev–Trinajstić information content (AvgIpc) is 3.46. The van der Waals surface area contributed by atoms with Gasteiger partial charge in [-0.15, -0.1) is 0 Å². The molecule has 31 heavy (non-hydrogen) atoms. The molecule has 2 aromatic heterocycles. The Bertz CT molecular complexity index is 1350. The number of amides is 1. The number of hydrogen-bond donors (Lipinski definition) is 0. The molecular weight excluding hydrogens is 418 g/mol. The smallest absolute Gasteiger partial charge is 0.260 e. The molecule has 1 atom stereocenters. The molecule has 160 valence electrons. The van der Waals surface area contributed by atoms with E-state index in [1.807, 2.05) is 36.4 Å². The topological polar surface area (TPSA) is 90.0 Å². The summed E-state index contributed by atoms with van der Waals surface area (Å²) in [5.74, 6) is 1.09. The first-order valence-corrected chi connectivity index (χ1v) is 11.8. The third-order valence-electron chi connectivity index (χ3n) is 5.75. The van der Waals surface area contributed by atoms with Gasteiger partial charge in [-0.2, -0.15) is 0 Å². The minimum atomic E-state index is -3.05. The summed E-state index contributed by atoms with van der Waals surface area (Å²) in [6, 6.07) is 14.8. The van der Waals surface area contributed by atoms with Crippen molar-refractivity contribution >= 4 is 37.7 Å². The molecule has 0 radical (unpaired) electrons. The zero-order valence-corrected chi connectivity index (χ0v) is 17.7. The van der Waals surface area contributed by atoms with Crippen molar-refractivity contribution in [2.75, 3.05) is 25.2 Å². The third kappa shape index (κ3) is 3.79. The van der Waals surface area contributed by atoms with Crippen molar-refractivity contribution in [1.29, 1.82) is 0 Å². The average molecular weight is 439 g/mol. The molecule has 1 fully saturated rings. The molecule has 0 N–H and O–H groups in total. The fourth-order valence-corrected chi connectivity index (χ4v) is 5.71. The molecule has 2 aromatic carbocycles. The van der Waals surface area contributed by atoms with E-state index >= 15 is 0 Å². The van der Waals surface area contributed by atoms with Gasteiger partial charge in [-0.25, -0.2) is 8.42 Å². The van der Waals surface area contributed by atoms with E-state index in [1.54, 1.807) is 25.4 Å². The highest BCUT2D eigenvalue weighted by Crippen LogP contribution is 2.36. The normalized spacial score (nSPS) is 17.9. The largest absolute Gasteiger partial charge is 0.484 e. The van der Waals surface area contributed by atoms with Crippen LogP contribution in [0.5, 0.6) is 5.75 Å². The van der Waals surface area contributed by atoms with Gasteiger partial charge in [-0.3, -0.25) is 4.79 Å².